The molecule has 1 aromatic rings. The molecule has 0 N–H and O–H groups in total. The van der Waals surface area contributed by atoms with Crippen molar-refractivity contribution in [2.75, 3.05) is 18.6 Å². The highest BCUT2D eigenvalue weighted by atomic mass is 16.5. The Morgan fingerprint density at radius 1 is 1.65 bits per heavy atom. The van der Waals surface area contributed by atoms with Crippen LogP contribution in [0.15, 0.2) is 18.3 Å². The van der Waals surface area contributed by atoms with E-state index >= 15 is 0 Å². The molecule has 1 aliphatic rings. The molecule has 1 aliphatic heterocycles. The summed E-state index contributed by atoms with van der Waals surface area (Å²) in [5.74, 6) is -0.147. The summed E-state index contributed by atoms with van der Waals surface area (Å²) < 4.78 is 4.75. The van der Waals surface area contributed by atoms with Gasteiger partial charge in [-0.15, -0.1) is 0 Å². The molecule has 1 saturated heterocycles. The lowest BCUT2D eigenvalue weighted by Gasteiger charge is -2.36. The lowest BCUT2D eigenvalue weighted by Crippen LogP contribution is -2.41. The van der Waals surface area contributed by atoms with Crippen molar-refractivity contribution in [3.05, 3.63) is 24.5 Å². The highest BCUT2D eigenvalue weighted by molar-refractivity contribution is 5.70. The molecule has 17 heavy (non-hydrogen) atoms. The fourth-order valence-corrected chi connectivity index (χ4v) is 2.28. The summed E-state index contributed by atoms with van der Waals surface area (Å²) in [5.41, 5.74) is 0.973. The zero-order valence-corrected chi connectivity index (χ0v) is 10.1. The first kappa shape index (κ1) is 11.9. The number of nitrogens with zero attached hydrogens (tertiary/aromatic N) is 2. The molecule has 0 spiro atoms. The molecule has 4 heteroatoms. The van der Waals surface area contributed by atoms with Gasteiger partial charge in [-0.05, 0) is 31.4 Å². The Labute approximate surface area is 102 Å². The molecular weight excluding hydrogens is 216 g/mol. The second kappa shape index (κ2) is 5.66. The van der Waals surface area contributed by atoms with Crippen molar-refractivity contribution >= 4 is 11.7 Å². The molecule has 91 valence electrons. The first-order valence-electron chi connectivity index (χ1n) is 5.97. The zero-order chi connectivity index (χ0) is 12.1. The smallest absolute Gasteiger partial charge is 0.307 e. The van der Waals surface area contributed by atoms with E-state index in [1.54, 1.807) is 6.20 Å². The Kier molecular flexibility index (Phi) is 3.96. The first-order valence-corrected chi connectivity index (χ1v) is 5.97. The van der Waals surface area contributed by atoms with Gasteiger partial charge in [-0.2, -0.15) is 0 Å². The van der Waals surface area contributed by atoms with E-state index < -0.39 is 0 Å². The van der Waals surface area contributed by atoms with Crippen LogP contribution in [0.3, 0.4) is 0 Å². The van der Waals surface area contributed by atoms with Crippen LogP contribution in [0.5, 0.6) is 0 Å². The maximum Gasteiger partial charge on any atom is 0.307 e. The molecule has 0 aliphatic carbocycles. The van der Waals surface area contributed by atoms with Crippen molar-refractivity contribution in [1.82, 2.24) is 4.98 Å². The number of esters is 1. The highest BCUT2D eigenvalue weighted by Gasteiger charge is 2.25. The molecule has 1 radical (unpaired) electrons. The van der Waals surface area contributed by atoms with E-state index in [2.05, 4.69) is 16.1 Å². The van der Waals surface area contributed by atoms with E-state index in [0.29, 0.717) is 6.42 Å². The van der Waals surface area contributed by atoms with E-state index in [9.17, 15) is 4.79 Å². The number of carbonyl (C=O) groups is 1. The van der Waals surface area contributed by atoms with Gasteiger partial charge in [0.05, 0.1) is 19.2 Å². The Morgan fingerprint density at radius 3 is 3.24 bits per heavy atom. The number of hydrogen-bond donors (Lipinski definition) is 0. The lowest BCUT2D eigenvalue weighted by atomic mass is 9.99. The van der Waals surface area contributed by atoms with Crippen LogP contribution in [0.2, 0.25) is 0 Å². The number of methoxy groups -OCH3 is 1. The molecule has 0 amide bonds. The van der Waals surface area contributed by atoms with Crippen LogP contribution in [0.25, 0.3) is 0 Å². The molecule has 1 aromatic heterocycles. The Balaban J connectivity index is 2.09. The Morgan fingerprint density at radius 2 is 2.53 bits per heavy atom. The molecule has 2 rings (SSSR count). The van der Waals surface area contributed by atoms with E-state index in [-0.39, 0.29) is 12.0 Å². The van der Waals surface area contributed by atoms with Gasteiger partial charge < -0.3 is 9.64 Å². The molecule has 4 nitrogen and oxygen atoms in total. The first-order chi connectivity index (χ1) is 8.31. The van der Waals surface area contributed by atoms with Crippen LogP contribution in [0.4, 0.5) is 5.69 Å². The number of ether oxygens (including phenoxy) is 1. The van der Waals surface area contributed by atoms with E-state index in [0.717, 1.165) is 25.1 Å². The van der Waals surface area contributed by atoms with Gasteiger partial charge in [-0.3, -0.25) is 9.78 Å². The van der Waals surface area contributed by atoms with Crippen LogP contribution >= 0.6 is 0 Å². The lowest BCUT2D eigenvalue weighted by molar-refractivity contribution is -0.141. The summed E-state index contributed by atoms with van der Waals surface area (Å²) in [5, 5.41) is 0. The van der Waals surface area contributed by atoms with Gasteiger partial charge >= 0.3 is 5.97 Å². The molecular formula is C13H17N2O2. The summed E-state index contributed by atoms with van der Waals surface area (Å²) in [7, 11) is 1.44. The largest absolute Gasteiger partial charge is 0.469 e. The van der Waals surface area contributed by atoms with Crippen LogP contribution in [0, 0.1) is 6.20 Å². The second-order valence-corrected chi connectivity index (χ2v) is 4.26. The summed E-state index contributed by atoms with van der Waals surface area (Å²) in [4.78, 5) is 17.6. The summed E-state index contributed by atoms with van der Waals surface area (Å²) in [6.07, 6.45) is 8.48. The maximum absolute atomic E-state index is 11.4. The fourth-order valence-electron chi connectivity index (χ4n) is 2.28. The van der Waals surface area contributed by atoms with Gasteiger partial charge in [0.25, 0.3) is 0 Å². The molecule has 1 fully saturated rings. The minimum absolute atomic E-state index is 0.147. The van der Waals surface area contributed by atoms with Gasteiger partial charge in [-0.1, -0.05) is 0 Å². The van der Waals surface area contributed by atoms with Crippen molar-refractivity contribution in [3.8, 4) is 0 Å². The van der Waals surface area contributed by atoms with E-state index in [1.165, 1.54) is 13.5 Å². The van der Waals surface area contributed by atoms with Crippen molar-refractivity contribution in [1.29, 1.82) is 0 Å². The number of piperidine rings is 1. The van der Waals surface area contributed by atoms with Crippen molar-refractivity contribution in [2.45, 2.75) is 31.7 Å². The number of carbonyl (C=O) groups excluding carboxylic acids is 1. The maximum atomic E-state index is 11.4. The van der Waals surface area contributed by atoms with Gasteiger partial charge in [0.15, 0.2) is 0 Å². The molecule has 0 aromatic carbocycles. The minimum Gasteiger partial charge on any atom is -0.469 e. The molecule has 2 heterocycles. The average Bonchev–Trinajstić information content (AvgIpc) is 2.40. The van der Waals surface area contributed by atoms with Crippen molar-refractivity contribution in [3.63, 3.8) is 0 Å². The number of aromatic nitrogens is 1. The van der Waals surface area contributed by atoms with Crippen LogP contribution < -0.4 is 4.90 Å². The standard InChI is InChI=1S/C13H17N2O2/c1-17-13(16)9-11-5-2-3-8-15(11)12-6-4-7-14-10-12/h4,6-7,11H,2-3,5,8-9H2,1H3. The predicted octanol–water partition coefficient (Wildman–Crippen LogP) is 1.80. The Bertz CT molecular complexity index is 367. The third-order valence-electron chi connectivity index (χ3n) is 3.16. The van der Waals surface area contributed by atoms with Crippen molar-refractivity contribution < 1.29 is 9.53 Å². The number of anilines is 1. The number of hydrogen-bond acceptors (Lipinski definition) is 4. The van der Waals surface area contributed by atoms with Gasteiger partial charge in [0, 0.05) is 18.8 Å². The van der Waals surface area contributed by atoms with Crippen LogP contribution in [0.1, 0.15) is 25.7 Å². The molecule has 0 bridgehead atoms. The number of pyridine rings is 1. The normalized spacial score (nSPS) is 20.1. The Hall–Kier alpha value is -1.58. The predicted molar refractivity (Wildman–Crippen MR) is 64.7 cm³/mol. The average molecular weight is 233 g/mol. The fraction of sp³-hybridized carbons (Fsp3) is 0.538. The topological polar surface area (TPSA) is 42.4 Å². The van der Waals surface area contributed by atoms with E-state index in [4.69, 9.17) is 4.74 Å². The highest BCUT2D eigenvalue weighted by Crippen LogP contribution is 2.25. The summed E-state index contributed by atoms with van der Waals surface area (Å²) >= 11 is 0. The van der Waals surface area contributed by atoms with Crippen molar-refractivity contribution in [2.24, 2.45) is 0 Å². The second-order valence-electron chi connectivity index (χ2n) is 4.26. The van der Waals surface area contributed by atoms with Gasteiger partial charge in [0.1, 0.15) is 6.20 Å². The minimum atomic E-state index is -0.147. The monoisotopic (exact) mass is 233 g/mol. The molecule has 1 atom stereocenters. The third-order valence-corrected chi connectivity index (χ3v) is 3.16. The van der Waals surface area contributed by atoms with Gasteiger partial charge in [-0.25, -0.2) is 0 Å². The molecule has 0 saturated carbocycles. The summed E-state index contributed by atoms with van der Waals surface area (Å²) in [6.45, 7) is 0.962. The van der Waals surface area contributed by atoms with E-state index in [1.807, 2.05) is 12.1 Å². The number of rotatable bonds is 3. The van der Waals surface area contributed by atoms with Crippen LogP contribution in [-0.4, -0.2) is 30.6 Å². The third kappa shape index (κ3) is 2.96. The SMILES string of the molecule is COC(=O)CC1CCCCN1c1[c]nccc1. The summed E-state index contributed by atoms with van der Waals surface area (Å²) in [6, 6.07) is 4.11. The quantitative estimate of drug-likeness (QED) is 0.747. The van der Waals surface area contributed by atoms with Crippen LogP contribution in [-0.2, 0) is 9.53 Å². The zero-order valence-electron chi connectivity index (χ0n) is 10.1. The van der Waals surface area contributed by atoms with Gasteiger partial charge in [0.2, 0.25) is 0 Å². The molecule has 1 unspecified atom stereocenters.